The van der Waals surface area contributed by atoms with Crippen molar-refractivity contribution < 1.29 is 53.7 Å². The smallest absolute Gasteiger partial charge is 0.231 e. The van der Waals surface area contributed by atoms with Crippen LogP contribution in [0, 0.1) is 0 Å². The molecule has 1 fully saturated rings. The van der Waals surface area contributed by atoms with Gasteiger partial charge in [-0.25, -0.2) is 0 Å². The molecule has 0 bridgehead atoms. The molecule has 0 radical (unpaired) electrons. The van der Waals surface area contributed by atoms with E-state index in [4.69, 9.17) is 0 Å². The quantitative estimate of drug-likeness (QED) is 0.443. The summed E-state index contributed by atoms with van der Waals surface area (Å²) < 4.78 is 0. The van der Waals surface area contributed by atoms with E-state index >= 15 is 0 Å². The number of likely N-dealkylation sites (tertiary alicyclic amines) is 1. The number of allylic oxidation sites excluding steroid dienone is 2. The lowest BCUT2D eigenvalue weighted by Gasteiger charge is -2.25. The van der Waals surface area contributed by atoms with E-state index in [1.54, 1.807) is 11.1 Å². The minimum absolute atomic E-state index is 0. The Balaban J connectivity index is 0.00000162. The molecule has 0 amide bonds. The maximum atomic E-state index is 11.2. The first-order valence-corrected chi connectivity index (χ1v) is 6.50. The lowest BCUT2D eigenvalue weighted by Crippen LogP contribution is -3.18. The molecule has 0 aromatic carbocycles. The minimum atomic E-state index is -0.267. The average molecular weight is 398 g/mol. The van der Waals surface area contributed by atoms with Gasteiger partial charge in [0.05, 0.1) is 13.1 Å². The molecular weight excluding hydrogens is 376 g/mol. The Bertz CT molecular complexity index is 364. The highest BCUT2D eigenvalue weighted by atomic mass is 79.9. The van der Waals surface area contributed by atoms with Crippen LogP contribution in [-0.4, -0.2) is 37.1 Å². The fraction of sp³-hybridized carbons (Fsp3) is 0.615. The topological polar surface area (TPSA) is 46.2 Å². The lowest BCUT2D eigenvalue weighted by atomic mass is 10.1. The number of halogens is 2. The Morgan fingerprint density at radius 1 is 1.16 bits per heavy atom. The number of carbonyl (C=O) groups excluding carboxylic acids is 1. The van der Waals surface area contributed by atoms with Gasteiger partial charge in [-0.3, -0.25) is 9.69 Å². The number of aliphatic hydroxyl groups is 1. The Hall–Kier alpha value is -0.170. The zero-order chi connectivity index (χ0) is 12.3. The molecule has 1 atom stereocenters. The monoisotopic (exact) mass is 396 g/mol. The molecule has 0 saturated carbocycles. The summed E-state index contributed by atoms with van der Waals surface area (Å²) in [5.41, 5.74) is 1.00. The summed E-state index contributed by atoms with van der Waals surface area (Å²) in [4.78, 5) is 14.0. The molecule has 110 valence electrons. The maximum absolute atomic E-state index is 11.2. The van der Waals surface area contributed by atoms with Gasteiger partial charge in [0.2, 0.25) is 11.5 Å². The molecule has 2 aliphatic heterocycles. The largest absolute Gasteiger partial charge is 1.00 e. The molecule has 0 spiro atoms. The van der Waals surface area contributed by atoms with Gasteiger partial charge in [0, 0.05) is 13.0 Å². The normalized spacial score (nSPS) is 23.8. The van der Waals surface area contributed by atoms with Crippen LogP contribution in [0.25, 0.3) is 0 Å². The summed E-state index contributed by atoms with van der Waals surface area (Å²) in [6.07, 6.45) is 7.21. The fourth-order valence-electron chi connectivity index (χ4n) is 2.60. The molecule has 0 aromatic heterocycles. The first-order chi connectivity index (χ1) is 8.16. The van der Waals surface area contributed by atoms with Crippen molar-refractivity contribution in [1.29, 1.82) is 0 Å². The van der Waals surface area contributed by atoms with Crippen LogP contribution in [0.5, 0.6) is 0 Å². The first-order valence-electron chi connectivity index (χ1n) is 6.50. The number of carbonyl (C=O) groups is 1. The molecule has 2 heterocycles. The number of rotatable bonds is 3. The Kier molecular flexibility index (Phi) is 8.81. The molecular formula is C13H22Br2N2O2. The Morgan fingerprint density at radius 2 is 1.79 bits per heavy atom. The maximum Gasteiger partial charge on any atom is 0.231 e. The summed E-state index contributed by atoms with van der Waals surface area (Å²) in [7, 11) is 0. The predicted molar refractivity (Wildman–Crippen MR) is 64.7 cm³/mol. The summed E-state index contributed by atoms with van der Waals surface area (Å²) in [5.74, 6) is -0.379. The van der Waals surface area contributed by atoms with E-state index in [9.17, 15) is 9.90 Å². The van der Waals surface area contributed by atoms with Gasteiger partial charge >= 0.3 is 0 Å². The summed E-state index contributed by atoms with van der Waals surface area (Å²) >= 11 is 0. The highest BCUT2D eigenvalue weighted by molar-refractivity contribution is 6.02. The van der Waals surface area contributed by atoms with Crippen LogP contribution in [0.4, 0.5) is 0 Å². The summed E-state index contributed by atoms with van der Waals surface area (Å²) in [5, 5.41) is 9.44. The molecule has 4 nitrogen and oxygen atoms in total. The molecule has 0 aromatic rings. The van der Waals surface area contributed by atoms with Gasteiger partial charge in [-0.15, -0.1) is 0 Å². The third-order valence-corrected chi connectivity index (χ3v) is 3.73. The number of ketones is 1. The van der Waals surface area contributed by atoms with Crippen LogP contribution in [0.2, 0.25) is 0 Å². The van der Waals surface area contributed by atoms with Crippen molar-refractivity contribution in [1.82, 2.24) is 0 Å². The van der Waals surface area contributed by atoms with Crippen molar-refractivity contribution in [2.24, 2.45) is 0 Å². The van der Waals surface area contributed by atoms with Crippen molar-refractivity contribution >= 4 is 5.78 Å². The number of piperidine rings is 1. The zero-order valence-electron chi connectivity index (χ0n) is 11.2. The number of hydrogen-bond acceptors (Lipinski definition) is 2. The van der Waals surface area contributed by atoms with Crippen LogP contribution in [-0.2, 0) is 4.79 Å². The summed E-state index contributed by atoms with van der Waals surface area (Å²) in [6, 6.07) is 0. The van der Waals surface area contributed by atoms with E-state index in [1.807, 2.05) is 6.92 Å². The van der Waals surface area contributed by atoms with Crippen LogP contribution < -0.4 is 43.8 Å². The van der Waals surface area contributed by atoms with Crippen molar-refractivity contribution in [3.63, 3.8) is 0 Å². The molecule has 2 aliphatic rings. The standard InChI is InChI=1S/C13H20N2O2.2BrH/c1-11-9-12(16)13(17)10-15(11)8-7-14-5-3-2-4-6-14;;/h9-10,17H,2-8H2,1H3;2*1H. The van der Waals surface area contributed by atoms with Gasteiger partial charge in [-0.05, 0) is 19.3 Å². The van der Waals surface area contributed by atoms with Crippen molar-refractivity contribution in [3.8, 4) is 0 Å². The molecule has 19 heavy (non-hydrogen) atoms. The highest BCUT2D eigenvalue weighted by Gasteiger charge is 2.23. The van der Waals surface area contributed by atoms with E-state index in [0.717, 1.165) is 23.7 Å². The summed E-state index contributed by atoms with van der Waals surface area (Å²) in [6.45, 7) is 6.55. The highest BCUT2D eigenvalue weighted by Crippen LogP contribution is 1.97. The van der Waals surface area contributed by atoms with Gasteiger partial charge in [0.1, 0.15) is 25.0 Å². The minimum Gasteiger partial charge on any atom is -1.00 e. The molecule has 3 N–H and O–H groups in total. The fourth-order valence-corrected chi connectivity index (χ4v) is 2.60. The third-order valence-electron chi connectivity index (χ3n) is 3.73. The van der Waals surface area contributed by atoms with Crippen molar-refractivity contribution in [3.05, 3.63) is 23.7 Å². The number of aliphatic hydroxyl groups excluding tert-OH is 1. The van der Waals surface area contributed by atoms with E-state index in [-0.39, 0.29) is 45.5 Å². The molecule has 2 rings (SSSR count). The average Bonchev–Trinajstić information content (AvgIpc) is 2.33. The van der Waals surface area contributed by atoms with Crippen LogP contribution in [0.15, 0.2) is 23.7 Å². The van der Waals surface area contributed by atoms with Gasteiger partial charge in [0.15, 0.2) is 0 Å². The third kappa shape index (κ3) is 5.38. The lowest BCUT2D eigenvalue weighted by molar-refractivity contribution is -0.932. The van der Waals surface area contributed by atoms with E-state index in [1.165, 1.54) is 38.4 Å². The molecule has 0 aliphatic carbocycles. The van der Waals surface area contributed by atoms with Crippen molar-refractivity contribution in [2.45, 2.75) is 26.2 Å². The second-order valence-electron chi connectivity index (χ2n) is 5.06. The SMILES string of the molecule is CC1=CC(=O)C(O)=C[NH+]1CC[NH+]1CCCCC1.[Br-].[Br-]. The van der Waals surface area contributed by atoms with E-state index in [0.29, 0.717) is 0 Å². The first kappa shape index (κ1) is 18.8. The van der Waals surface area contributed by atoms with Crippen LogP contribution in [0.3, 0.4) is 0 Å². The van der Waals surface area contributed by atoms with E-state index in [2.05, 4.69) is 0 Å². The van der Waals surface area contributed by atoms with Crippen LogP contribution >= 0.6 is 0 Å². The number of quaternary nitrogens is 2. The Labute approximate surface area is 135 Å². The molecule has 6 heteroatoms. The van der Waals surface area contributed by atoms with Crippen LogP contribution in [0.1, 0.15) is 26.2 Å². The van der Waals surface area contributed by atoms with Gasteiger partial charge in [0.25, 0.3) is 0 Å². The second-order valence-corrected chi connectivity index (χ2v) is 5.06. The number of hydrogen-bond donors (Lipinski definition) is 3. The predicted octanol–water partition coefficient (Wildman–Crippen LogP) is -7.17. The van der Waals surface area contributed by atoms with Gasteiger partial charge in [-0.2, -0.15) is 0 Å². The number of nitrogens with one attached hydrogen (secondary N) is 2. The van der Waals surface area contributed by atoms with E-state index < -0.39 is 0 Å². The Morgan fingerprint density at radius 3 is 2.42 bits per heavy atom. The van der Waals surface area contributed by atoms with Gasteiger partial charge < -0.3 is 44.0 Å². The van der Waals surface area contributed by atoms with Crippen molar-refractivity contribution in [2.75, 3.05) is 26.2 Å². The molecule has 1 unspecified atom stereocenters. The molecule has 1 saturated heterocycles. The zero-order valence-corrected chi connectivity index (χ0v) is 14.4. The second kappa shape index (κ2) is 8.89. The van der Waals surface area contributed by atoms with Gasteiger partial charge in [-0.1, -0.05) is 0 Å².